The van der Waals surface area contributed by atoms with Gasteiger partial charge in [0.15, 0.2) is 5.13 Å². The molecule has 1 saturated heterocycles. The maximum absolute atomic E-state index is 4.91. The standard InChI is InChI=1S/C16H28N4S/c1-4-14-15(11-17-13-5-6-13)21-16(18-14)20-9-7-19(8-10-20)12(2)3/h12-13,17H,4-11H2,1-3H3. The number of hydrogen-bond donors (Lipinski definition) is 1. The van der Waals surface area contributed by atoms with Gasteiger partial charge in [0.05, 0.1) is 5.69 Å². The van der Waals surface area contributed by atoms with Gasteiger partial charge in [-0.15, -0.1) is 11.3 Å². The highest BCUT2D eigenvalue weighted by Crippen LogP contribution is 2.29. The molecule has 2 aliphatic rings. The van der Waals surface area contributed by atoms with Crippen molar-refractivity contribution in [1.82, 2.24) is 15.2 Å². The number of aryl methyl sites for hydroxylation is 1. The maximum atomic E-state index is 4.91. The maximum Gasteiger partial charge on any atom is 0.185 e. The highest BCUT2D eigenvalue weighted by molar-refractivity contribution is 7.15. The van der Waals surface area contributed by atoms with Crippen LogP contribution in [0.15, 0.2) is 0 Å². The molecular weight excluding hydrogens is 280 g/mol. The Balaban J connectivity index is 1.62. The van der Waals surface area contributed by atoms with E-state index in [9.17, 15) is 0 Å². The van der Waals surface area contributed by atoms with Gasteiger partial charge in [-0.25, -0.2) is 4.98 Å². The van der Waals surface area contributed by atoms with Crippen LogP contribution < -0.4 is 10.2 Å². The molecule has 0 bridgehead atoms. The van der Waals surface area contributed by atoms with Crippen molar-refractivity contribution in [3.05, 3.63) is 10.6 Å². The number of anilines is 1. The second-order valence-corrected chi connectivity index (χ2v) is 7.55. The van der Waals surface area contributed by atoms with Crippen LogP contribution in [-0.4, -0.2) is 48.1 Å². The van der Waals surface area contributed by atoms with E-state index in [1.54, 1.807) is 0 Å². The molecule has 2 heterocycles. The average Bonchev–Trinajstić information content (AvgIpc) is 3.23. The van der Waals surface area contributed by atoms with Gasteiger partial charge < -0.3 is 10.2 Å². The predicted molar refractivity (Wildman–Crippen MR) is 90.3 cm³/mol. The van der Waals surface area contributed by atoms with E-state index in [0.717, 1.165) is 45.2 Å². The van der Waals surface area contributed by atoms with Crippen molar-refractivity contribution < 1.29 is 0 Å². The second-order valence-electron chi connectivity index (χ2n) is 6.49. The van der Waals surface area contributed by atoms with Crippen molar-refractivity contribution >= 4 is 16.5 Å². The average molecular weight is 308 g/mol. The van der Waals surface area contributed by atoms with E-state index >= 15 is 0 Å². The third-order valence-corrected chi connectivity index (χ3v) is 5.70. The lowest BCUT2D eigenvalue weighted by Gasteiger charge is -2.36. The van der Waals surface area contributed by atoms with E-state index in [0.29, 0.717) is 6.04 Å². The van der Waals surface area contributed by atoms with E-state index < -0.39 is 0 Å². The molecule has 0 spiro atoms. The second kappa shape index (κ2) is 6.63. The van der Waals surface area contributed by atoms with Gasteiger partial charge in [-0.05, 0) is 33.1 Å². The topological polar surface area (TPSA) is 31.4 Å². The summed E-state index contributed by atoms with van der Waals surface area (Å²) >= 11 is 1.90. The fourth-order valence-corrected chi connectivity index (χ4v) is 4.02. The van der Waals surface area contributed by atoms with E-state index in [4.69, 9.17) is 4.98 Å². The first-order chi connectivity index (χ1) is 10.2. The zero-order valence-electron chi connectivity index (χ0n) is 13.6. The lowest BCUT2D eigenvalue weighted by atomic mass is 10.2. The van der Waals surface area contributed by atoms with Gasteiger partial charge in [-0.1, -0.05) is 6.92 Å². The van der Waals surface area contributed by atoms with E-state index in [1.807, 2.05) is 11.3 Å². The minimum absolute atomic E-state index is 0.660. The summed E-state index contributed by atoms with van der Waals surface area (Å²) in [6.45, 7) is 12.4. The Labute approximate surface area is 132 Å². The van der Waals surface area contributed by atoms with Gasteiger partial charge >= 0.3 is 0 Å². The molecule has 0 radical (unpaired) electrons. The molecule has 5 heteroatoms. The van der Waals surface area contributed by atoms with Crippen molar-refractivity contribution in [3.63, 3.8) is 0 Å². The molecule has 0 amide bonds. The summed E-state index contributed by atoms with van der Waals surface area (Å²) in [5, 5.41) is 4.87. The smallest absolute Gasteiger partial charge is 0.185 e. The SMILES string of the molecule is CCc1nc(N2CCN(C(C)C)CC2)sc1CNC1CC1. The van der Waals surface area contributed by atoms with Gasteiger partial charge in [-0.3, -0.25) is 4.90 Å². The number of rotatable bonds is 6. The van der Waals surface area contributed by atoms with Crippen molar-refractivity contribution in [1.29, 1.82) is 0 Å². The first-order valence-electron chi connectivity index (χ1n) is 8.38. The summed E-state index contributed by atoms with van der Waals surface area (Å²) in [5.41, 5.74) is 1.30. The Bertz CT molecular complexity index is 459. The van der Waals surface area contributed by atoms with Crippen LogP contribution in [0.2, 0.25) is 0 Å². The van der Waals surface area contributed by atoms with Crippen LogP contribution >= 0.6 is 11.3 Å². The predicted octanol–water partition coefficient (Wildman–Crippen LogP) is 2.49. The van der Waals surface area contributed by atoms with Gasteiger partial charge in [0.2, 0.25) is 0 Å². The highest BCUT2D eigenvalue weighted by atomic mass is 32.1. The number of hydrogen-bond acceptors (Lipinski definition) is 5. The molecular formula is C16H28N4S. The Kier molecular flexibility index (Phi) is 4.82. The number of nitrogens with one attached hydrogen (secondary N) is 1. The van der Waals surface area contributed by atoms with Crippen molar-refractivity contribution in [2.75, 3.05) is 31.1 Å². The molecule has 118 valence electrons. The molecule has 21 heavy (non-hydrogen) atoms. The summed E-state index contributed by atoms with van der Waals surface area (Å²) in [6, 6.07) is 1.43. The molecule has 2 fully saturated rings. The molecule has 0 aromatic carbocycles. The number of piperazine rings is 1. The van der Waals surface area contributed by atoms with E-state index in [-0.39, 0.29) is 0 Å². The van der Waals surface area contributed by atoms with Crippen LogP contribution in [0.3, 0.4) is 0 Å². The Hall–Kier alpha value is -0.650. The van der Waals surface area contributed by atoms with E-state index in [2.05, 4.69) is 35.9 Å². The molecule has 1 saturated carbocycles. The number of nitrogens with zero attached hydrogens (tertiary/aromatic N) is 3. The largest absolute Gasteiger partial charge is 0.346 e. The summed E-state index contributed by atoms with van der Waals surface area (Å²) in [4.78, 5) is 11.4. The van der Waals surface area contributed by atoms with Crippen LogP contribution in [0.4, 0.5) is 5.13 Å². The van der Waals surface area contributed by atoms with Gasteiger partial charge in [0, 0.05) is 49.7 Å². The van der Waals surface area contributed by atoms with Gasteiger partial charge in [0.1, 0.15) is 0 Å². The Morgan fingerprint density at radius 3 is 2.52 bits per heavy atom. The molecule has 0 unspecified atom stereocenters. The number of aromatic nitrogens is 1. The van der Waals surface area contributed by atoms with Crippen LogP contribution in [0.25, 0.3) is 0 Å². The zero-order chi connectivity index (χ0) is 14.8. The summed E-state index contributed by atoms with van der Waals surface area (Å²) in [7, 11) is 0. The van der Waals surface area contributed by atoms with E-state index in [1.165, 1.54) is 28.5 Å². The first-order valence-corrected chi connectivity index (χ1v) is 9.20. The summed E-state index contributed by atoms with van der Waals surface area (Å²) < 4.78 is 0. The molecule has 1 N–H and O–H groups in total. The van der Waals surface area contributed by atoms with Crippen molar-refractivity contribution in [3.8, 4) is 0 Å². The van der Waals surface area contributed by atoms with Gasteiger partial charge in [0.25, 0.3) is 0 Å². The molecule has 1 aliphatic heterocycles. The lowest BCUT2D eigenvalue weighted by Crippen LogP contribution is -2.48. The monoisotopic (exact) mass is 308 g/mol. The minimum atomic E-state index is 0.660. The van der Waals surface area contributed by atoms with Crippen LogP contribution in [0.5, 0.6) is 0 Å². The summed E-state index contributed by atoms with van der Waals surface area (Å²) in [6.07, 6.45) is 3.75. The van der Waals surface area contributed by atoms with Crippen molar-refractivity contribution in [2.45, 2.75) is 58.7 Å². The third-order valence-electron chi connectivity index (χ3n) is 4.55. The van der Waals surface area contributed by atoms with Gasteiger partial charge in [-0.2, -0.15) is 0 Å². The minimum Gasteiger partial charge on any atom is -0.346 e. The fourth-order valence-electron chi connectivity index (χ4n) is 2.87. The number of thiazole rings is 1. The van der Waals surface area contributed by atoms with Crippen LogP contribution in [-0.2, 0) is 13.0 Å². The Morgan fingerprint density at radius 2 is 1.95 bits per heavy atom. The normalized spacial score (nSPS) is 20.5. The highest BCUT2D eigenvalue weighted by Gasteiger charge is 2.24. The molecule has 1 aliphatic carbocycles. The molecule has 0 atom stereocenters. The van der Waals surface area contributed by atoms with Crippen molar-refractivity contribution in [2.24, 2.45) is 0 Å². The molecule has 1 aromatic heterocycles. The molecule has 1 aromatic rings. The lowest BCUT2D eigenvalue weighted by molar-refractivity contribution is 0.209. The van der Waals surface area contributed by atoms with Crippen LogP contribution in [0, 0.1) is 0 Å². The summed E-state index contributed by atoms with van der Waals surface area (Å²) in [5.74, 6) is 0. The quantitative estimate of drug-likeness (QED) is 0.875. The fraction of sp³-hybridized carbons (Fsp3) is 0.812. The molecule has 3 rings (SSSR count). The third kappa shape index (κ3) is 3.76. The zero-order valence-corrected chi connectivity index (χ0v) is 14.4. The van der Waals surface area contributed by atoms with Crippen LogP contribution in [0.1, 0.15) is 44.2 Å². The first kappa shape index (κ1) is 15.3. The molecule has 4 nitrogen and oxygen atoms in total. The Morgan fingerprint density at radius 1 is 1.24 bits per heavy atom.